The maximum atomic E-state index is 13.6. The normalized spacial score (nSPS) is 20.9. The maximum absolute atomic E-state index is 13.6. The minimum atomic E-state index is -0.922. The molecule has 6 heterocycles. The van der Waals surface area contributed by atoms with Crippen LogP contribution in [0.3, 0.4) is 0 Å². The molecule has 1 unspecified atom stereocenters. The Labute approximate surface area is 213 Å². The molecule has 2 aromatic heterocycles. The molecule has 0 N–H and O–H groups in total. The molecule has 1 saturated heterocycles. The molecule has 7 rings (SSSR count). The summed E-state index contributed by atoms with van der Waals surface area (Å²) in [4.78, 5) is 35.8. The van der Waals surface area contributed by atoms with Crippen molar-refractivity contribution in [3.8, 4) is 22.9 Å². The third-order valence-corrected chi connectivity index (χ3v) is 7.93. The van der Waals surface area contributed by atoms with Crippen molar-refractivity contribution in [2.45, 2.75) is 25.8 Å². The minimum Gasteiger partial charge on any atom is -0.486 e. The number of carbonyl (C=O) groups excluding carboxylic acids is 1. The molecule has 4 aliphatic heterocycles. The third-order valence-electron chi connectivity index (χ3n) is 7.93. The number of rotatable bonds is 3. The Morgan fingerprint density at radius 2 is 1.76 bits per heavy atom. The molecule has 1 atom stereocenters. The Balaban J connectivity index is 1.43. The van der Waals surface area contributed by atoms with Gasteiger partial charge in [0.15, 0.2) is 17.6 Å². The lowest BCUT2D eigenvalue weighted by Gasteiger charge is -2.33. The van der Waals surface area contributed by atoms with Gasteiger partial charge in [0, 0.05) is 62.4 Å². The number of benzene rings is 1. The second-order valence-electron chi connectivity index (χ2n) is 10.1. The van der Waals surface area contributed by atoms with Crippen LogP contribution >= 0.6 is 0 Å². The number of aromatic nitrogens is 2. The summed E-state index contributed by atoms with van der Waals surface area (Å²) in [6, 6.07) is 5.85. The zero-order valence-electron chi connectivity index (χ0n) is 20.9. The first-order valence-electron chi connectivity index (χ1n) is 12.6. The smallest absolute Gasteiger partial charge is 0.340 e. The van der Waals surface area contributed by atoms with Gasteiger partial charge < -0.3 is 28.4 Å². The summed E-state index contributed by atoms with van der Waals surface area (Å²) >= 11 is 0. The summed E-state index contributed by atoms with van der Waals surface area (Å²) in [6.07, 6.45) is -0.922. The number of piperazine rings is 1. The van der Waals surface area contributed by atoms with Crippen molar-refractivity contribution >= 4 is 16.9 Å². The number of fused-ring (bicyclic) bond motifs is 6. The average molecular weight is 505 g/mol. The molecule has 37 heavy (non-hydrogen) atoms. The summed E-state index contributed by atoms with van der Waals surface area (Å²) in [6.45, 7) is 6.09. The third kappa shape index (κ3) is 3.54. The fourth-order valence-electron chi connectivity index (χ4n) is 5.87. The van der Waals surface area contributed by atoms with Gasteiger partial charge in [0.05, 0.1) is 29.0 Å². The number of pyridine rings is 2. The van der Waals surface area contributed by atoms with E-state index >= 15 is 0 Å². The van der Waals surface area contributed by atoms with Crippen LogP contribution in [0.25, 0.3) is 22.3 Å². The molecule has 0 radical (unpaired) electrons. The highest BCUT2D eigenvalue weighted by molar-refractivity contribution is 5.91. The van der Waals surface area contributed by atoms with Gasteiger partial charge in [-0.3, -0.25) is 9.69 Å². The van der Waals surface area contributed by atoms with Crippen LogP contribution in [-0.2, 0) is 34.0 Å². The van der Waals surface area contributed by atoms with Gasteiger partial charge in [0.2, 0.25) is 0 Å². The number of methoxy groups -OCH3 is 1. The standard InChI is InChI=1S/C27H28N4O6/c1-29-3-5-30(6-4-29)12-17-15-10-22-23(36-8-7-35-22)11-20(15)28-24-18(17)13-31-21(24)9-16-19(26(31)32)14-37-27(33)25(16)34-2/h9-11,25H,3-8,12-14H2,1-2H3. The summed E-state index contributed by atoms with van der Waals surface area (Å²) in [5.41, 5.74) is 5.31. The molecule has 1 aromatic carbocycles. The van der Waals surface area contributed by atoms with Crippen molar-refractivity contribution in [1.82, 2.24) is 19.4 Å². The predicted octanol–water partition coefficient (Wildman–Crippen LogP) is 1.69. The van der Waals surface area contributed by atoms with E-state index < -0.39 is 12.1 Å². The molecule has 192 valence electrons. The van der Waals surface area contributed by atoms with Gasteiger partial charge in [-0.1, -0.05) is 0 Å². The largest absolute Gasteiger partial charge is 0.486 e. The fraction of sp³-hybridized carbons (Fsp3) is 0.444. The molecule has 10 heteroatoms. The molecule has 1 fully saturated rings. The molecular weight excluding hydrogens is 476 g/mol. The minimum absolute atomic E-state index is 0.0472. The summed E-state index contributed by atoms with van der Waals surface area (Å²) in [7, 11) is 3.60. The molecule has 0 saturated carbocycles. The predicted molar refractivity (Wildman–Crippen MR) is 134 cm³/mol. The Morgan fingerprint density at radius 3 is 2.51 bits per heavy atom. The number of ether oxygens (including phenoxy) is 4. The average Bonchev–Trinajstić information content (AvgIpc) is 3.27. The van der Waals surface area contributed by atoms with Crippen LogP contribution in [0, 0.1) is 0 Å². The lowest BCUT2D eigenvalue weighted by molar-refractivity contribution is -0.159. The number of carbonyl (C=O) groups is 1. The zero-order valence-corrected chi connectivity index (χ0v) is 20.9. The molecule has 0 bridgehead atoms. The van der Waals surface area contributed by atoms with Gasteiger partial charge in [0.25, 0.3) is 5.56 Å². The SMILES string of the molecule is COC1C(=O)OCc2c1cc1n(c2=O)Cc2c-1nc1cc3c(cc1c2CN1CCN(C)CC1)OCCO3. The lowest BCUT2D eigenvalue weighted by atomic mass is 9.97. The molecule has 0 aliphatic carbocycles. The quantitative estimate of drug-likeness (QED) is 0.386. The van der Waals surface area contributed by atoms with Crippen molar-refractivity contribution in [2.75, 3.05) is 53.6 Å². The Hall–Kier alpha value is -3.47. The number of hydrogen-bond donors (Lipinski definition) is 0. The molecular formula is C27H28N4O6. The molecule has 10 nitrogen and oxygen atoms in total. The Bertz CT molecular complexity index is 1510. The number of likely N-dealkylation sites (N-methyl/N-ethyl adjacent to an activating group) is 1. The van der Waals surface area contributed by atoms with E-state index in [1.165, 1.54) is 7.11 Å². The van der Waals surface area contributed by atoms with E-state index in [0.717, 1.165) is 66.2 Å². The summed E-state index contributed by atoms with van der Waals surface area (Å²) < 4.78 is 24.2. The second kappa shape index (κ2) is 8.54. The van der Waals surface area contributed by atoms with Crippen LogP contribution in [0.4, 0.5) is 0 Å². The van der Waals surface area contributed by atoms with E-state index in [1.807, 2.05) is 18.2 Å². The molecule has 0 amide bonds. The number of nitrogens with zero attached hydrogens (tertiary/aromatic N) is 4. The lowest BCUT2D eigenvalue weighted by Crippen LogP contribution is -2.44. The van der Waals surface area contributed by atoms with Crippen LogP contribution in [0.15, 0.2) is 23.0 Å². The van der Waals surface area contributed by atoms with Gasteiger partial charge in [-0.05, 0) is 24.7 Å². The summed E-state index contributed by atoms with van der Waals surface area (Å²) in [5.74, 6) is 0.921. The second-order valence-corrected chi connectivity index (χ2v) is 10.1. The Morgan fingerprint density at radius 1 is 1.00 bits per heavy atom. The van der Waals surface area contributed by atoms with E-state index in [1.54, 1.807) is 4.57 Å². The first-order valence-corrected chi connectivity index (χ1v) is 12.6. The highest BCUT2D eigenvalue weighted by atomic mass is 16.6. The highest BCUT2D eigenvalue weighted by Gasteiger charge is 2.36. The highest BCUT2D eigenvalue weighted by Crippen LogP contribution is 2.42. The van der Waals surface area contributed by atoms with Crippen molar-refractivity contribution in [2.24, 2.45) is 0 Å². The van der Waals surface area contributed by atoms with Crippen molar-refractivity contribution in [3.63, 3.8) is 0 Å². The van der Waals surface area contributed by atoms with Crippen molar-refractivity contribution in [1.29, 1.82) is 0 Å². The molecule has 4 aliphatic rings. The monoisotopic (exact) mass is 504 g/mol. The topological polar surface area (TPSA) is 95.4 Å². The van der Waals surface area contributed by atoms with E-state index in [2.05, 4.69) is 16.8 Å². The first kappa shape index (κ1) is 22.7. The van der Waals surface area contributed by atoms with Crippen LogP contribution in [-0.4, -0.2) is 78.9 Å². The van der Waals surface area contributed by atoms with E-state index in [-0.39, 0.29) is 12.2 Å². The number of esters is 1. The maximum Gasteiger partial charge on any atom is 0.340 e. The van der Waals surface area contributed by atoms with Crippen LogP contribution in [0.1, 0.15) is 28.4 Å². The van der Waals surface area contributed by atoms with Gasteiger partial charge >= 0.3 is 5.97 Å². The van der Waals surface area contributed by atoms with Crippen LogP contribution < -0.4 is 15.0 Å². The van der Waals surface area contributed by atoms with Crippen LogP contribution in [0.5, 0.6) is 11.5 Å². The van der Waals surface area contributed by atoms with Gasteiger partial charge in [-0.25, -0.2) is 9.78 Å². The number of cyclic esters (lactones) is 1. The fourth-order valence-corrected chi connectivity index (χ4v) is 5.87. The van der Waals surface area contributed by atoms with Gasteiger partial charge in [-0.15, -0.1) is 0 Å². The molecule has 0 spiro atoms. The van der Waals surface area contributed by atoms with Crippen LogP contribution in [0.2, 0.25) is 0 Å². The Kier molecular flexibility index (Phi) is 5.24. The van der Waals surface area contributed by atoms with E-state index in [0.29, 0.717) is 42.3 Å². The van der Waals surface area contributed by atoms with E-state index in [4.69, 9.17) is 23.9 Å². The van der Waals surface area contributed by atoms with Crippen molar-refractivity contribution in [3.05, 3.63) is 50.8 Å². The zero-order chi connectivity index (χ0) is 25.3. The number of hydrogen-bond acceptors (Lipinski definition) is 9. The molecule has 3 aromatic rings. The van der Waals surface area contributed by atoms with E-state index in [9.17, 15) is 9.59 Å². The van der Waals surface area contributed by atoms with Crippen molar-refractivity contribution < 1.29 is 23.7 Å². The summed E-state index contributed by atoms with van der Waals surface area (Å²) in [5, 5.41) is 1.01. The van der Waals surface area contributed by atoms with Gasteiger partial charge in [-0.2, -0.15) is 0 Å². The van der Waals surface area contributed by atoms with Gasteiger partial charge in [0.1, 0.15) is 19.8 Å². The first-order chi connectivity index (χ1) is 18.0.